The maximum absolute atomic E-state index is 12.6. The van der Waals surface area contributed by atoms with Crippen molar-refractivity contribution in [3.63, 3.8) is 0 Å². The maximum atomic E-state index is 12.6. The number of hydrogen-bond acceptors (Lipinski definition) is 2. The van der Waals surface area contributed by atoms with Crippen LogP contribution < -0.4 is 5.32 Å². The lowest BCUT2D eigenvalue weighted by Gasteiger charge is -2.46. The fraction of sp³-hybridized carbons (Fsp3) is 0.400. The SMILES string of the molecule is C=CCN1C(=O)c2ccccc2NC12CCCC2. The van der Waals surface area contributed by atoms with E-state index in [4.69, 9.17) is 0 Å². The van der Waals surface area contributed by atoms with Gasteiger partial charge < -0.3 is 10.2 Å². The molecular weight excluding hydrogens is 224 g/mol. The summed E-state index contributed by atoms with van der Waals surface area (Å²) in [5.41, 5.74) is 1.57. The molecule has 2 aliphatic rings. The molecule has 1 N–H and O–H groups in total. The fourth-order valence-electron chi connectivity index (χ4n) is 3.18. The third-order valence-electron chi connectivity index (χ3n) is 4.03. The summed E-state index contributed by atoms with van der Waals surface area (Å²) in [6.45, 7) is 4.39. The van der Waals surface area contributed by atoms with Gasteiger partial charge in [-0.3, -0.25) is 4.79 Å². The van der Waals surface area contributed by atoms with E-state index in [-0.39, 0.29) is 11.6 Å². The van der Waals surface area contributed by atoms with Gasteiger partial charge in [-0.05, 0) is 37.8 Å². The molecule has 0 radical (unpaired) electrons. The molecule has 0 atom stereocenters. The molecule has 1 spiro atoms. The van der Waals surface area contributed by atoms with E-state index in [1.807, 2.05) is 35.2 Å². The normalized spacial score (nSPS) is 20.7. The lowest BCUT2D eigenvalue weighted by molar-refractivity contribution is 0.0555. The number of fused-ring (bicyclic) bond motifs is 1. The summed E-state index contributed by atoms with van der Waals surface area (Å²) in [6.07, 6.45) is 6.22. The molecule has 1 saturated carbocycles. The number of benzene rings is 1. The first kappa shape index (κ1) is 11.3. The summed E-state index contributed by atoms with van der Waals surface area (Å²) >= 11 is 0. The summed E-state index contributed by atoms with van der Waals surface area (Å²) in [7, 11) is 0. The lowest BCUT2D eigenvalue weighted by Crippen LogP contribution is -2.58. The van der Waals surface area contributed by atoms with Crippen molar-refractivity contribution >= 4 is 11.6 Å². The third-order valence-corrected chi connectivity index (χ3v) is 4.03. The van der Waals surface area contributed by atoms with E-state index in [0.717, 1.165) is 24.1 Å². The van der Waals surface area contributed by atoms with Crippen molar-refractivity contribution in [2.24, 2.45) is 0 Å². The Hall–Kier alpha value is -1.77. The topological polar surface area (TPSA) is 32.3 Å². The molecule has 0 bridgehead atoms. The highest BCUT2D eigenvalue weighted by molar-refractivity contribution is 6.02. The number of nitrogens with zero attached hydrogens (tertiary/aromatic N) is 1. The third kappa shape index (κ3) is 1.54. The van der Waals surface area contributed by atoms with Gasteiger partial charge in [-0.15, -0.1) is 6.58 Å². The highest BCUT2D eigenvalue weighted by Gasteiger charge is 2.45. The quantitative estimate of drug-likeness (QED) is 0.808. The van der Waals surface area contributed by atoms with Crippen LogP contribution in [0.3, 0.4) is 0 Å². The van der Waals surface area contributed by atoms with Crippen molar-refractivity contribution in [2.75, 3.05) is 11.9 Å². The average Bonchev–Trinajstić information content (AvgIpc) is 2.84. The summed E-state index contributed by atoms with van der Waals surface area (Å²) < 4.78 is 0. The molecule has 3 heteroatoms. The van der Waals surface area contributed by atoms with Gasteiger partial charge >= 0.3 is 0 Å². The summed E-state index contributed by atoms with van der Waals surface area (Å²) in [4.78, 5) is 14.6. The van der Waals surface area contributed by atoms with Crippen molar-refractivity contribution in [1.82, 2.24) is 4.90 Å². The van der Waals surface area contributed by atoms with Gasteiger partial charge in [-0.2, -0.15) is 0 Å². The van der Waals surface area contributed by atoms with Crippen LogP contribution in [0, 0.1) is 0 Å². The molecule has 94 valence electrons. The van der Waals surface area contributed by atoms with E-state index < -0.39 is 0 Å². The predicted molar refractivity (Wildman–Crippen MR) is 72.5 cm³/mol. The molecule has 3 nitrogen and oxygen atoms in total. The van der Waals surface area contributed by atoms with Gasteiger partial charge in [0.2, 0.25) is 0 Å². The van der Waals surface area contributed by atoms with Gasteiger partial charge in [0.15, 0.2) is 0 Å². The molecule has 1 aliphatic heterocycles. The van der Waals surface area contributed by atoms with E-state index in [1.165, 1.54) is 12.8 Å². The predicted octanol–water partition coefficient (Wildman–Crippen LogP) is 3.01. The Balaban J connectivity index is 2.07. The lowest BCUT2D eigenvalue weighted by atomic mass is 9.97. The van der Waals surface area contributed by atoms with E-state index >= 15 is 0 Å². The second kappa shape index (κ2) is 4.16. The molecule has 0 saturated heterocycles. The Morgan fingerprint density at radius 1 is 1.33 bits per heavy atom. The van der Waals surface area contributed by atoms with Crippen molar-refractivity contribution in [3.8, 4) is 0 Å². The van der Waals surface area contributed by atoms with Gasteiger partial charge in [-0.1, -0.05) is 18.2 Å². The molecule has 3 rings (SSSR count). The van der Waals surface area contributed by atoms with Crippen molar-refractivity contribution in [2.45, 2.75) is 31.3 Å². The first-order valence-corrected chi connectivity index (χ1v) is 6.57. The molecule has 1 aliphatic carbocycles. The zero-order valence-electron chi connectivity index (χ0n) is 10.5. The number of carbonyl (C=O) groups excluding carboxylic acids is 1. The zero-order valence-corrected chi connectivity index (χ0v) is 10.5. The Morgan fingerprint density at radius 3 is 2.78 bits per heavy atom. The van der Waals surface area contributed by atoms with Crippen molar-refractivity contribution in [1.29, 1.82) is 0 Å². The van der Waals surface area contributed by atoms with Gasteiger partial charge in [-0.25, -0.2) is 0 Å². The van der Waals surface area contributed by atoms with Crippen LogP contribution in [0.5, 0.6) is 0 Å². The molecule has 1 heterocycles. The highest BCUT2D eigenvalue weighted by Crippen LogP contribution is 2.41. The van der Waals surface area contributed by atoms with Gasteiger partial charge in [0.1, 0.15) is 5.66 Å². The van der Waals surface area contributed by atoms with Gasteiger partial charge in [0.05, 0.1) is 5.56 Å². The van der Waals surface area contributed by atoms with Crippen molar-refractivity contribution < 1.29 is 4.79 Å². The molecule has 1 amide bonds. The number of para-hydroxylation sites is 1. The molecule has 0 aromatic heterocycles. The number of nitrogens with one attached hydrogen (secondary N) is 1. The van der Waals surface area contributed by atoms with Crippen molar-refractivity contribution in [3.05, 3.63) is 42.5 Å². The zero-order chi connectivity index (χ0) is 12.6. The minimum Gasteiger partial charge on any atom is -0.362 e. The van der Waals surface area contributed by atoms with Crippen LogP contribution in [0.1, 0.15) is 36.0 Å². The number of anilines is 1. The second-order valence-electron chi connectivity index (χ2n) is 5.11. The van der Waals surface area contributed by atoms with Crippen LogP contribution in [-0.2, 0) is 0 Å². The van der Waals surface area contributed by atoms with Gasteiger partial charge in [0.25, 0.3) is 5.91 Å². The minimum absolute atomic E-state index is 0.131. The minimum atomic E-state index is -0.181. The Labute approximate surface area is 107 Å². The Bertz CT molecular complexity index is 489. The highest BCUT2D eigenvalue weighted by atomic mass is 16.2. The number of rotatable bonds is 2. The number of carbonyl (C=O) groups is 1. The Kier molecular flexibility index (Phi) is 2.62. The van der Waals surface area contributed by atoms with E-state index in [2.05, 4.69) is 11.9 Å². The molecular formula is C15H18N2O. The first-order valence-electron chi connectivity index (χ1n) is 6.57. The fourth-order valence-corrected chi connectivity index (χ4v) is 3.18. The standard InChI is InChI=1S/C15H18N2O/c1-2-11-17-14(18)12-7-3-4-8-13(12)16-15(17)9-5-6-10-15/h2-4,7-8,16H,1,5-6,9-11H2. The maximum Gasteiger partial charge on any atom is 0.258 e. The van der Waals surface area contributed by atoms with E-state index in [9.17, 15) is 4.79 Å². The van der Waals surface area contributed by atoms with Gasteiger partial charge in [0, 0.05) is 12.2 Å². The summed E-state index contributed by atoms with van der Waals surface area (Å²) in [5.74, 6) is 0.131. The van der Waals surface area contributed by atoms with Crippen LogP contribution >= 0.6 is 0 Å². The summed E-state index contributed by atoms with van der Waals surface area (Å²) in [6, 6.07) is 7.78. The van der Waals surface area contributed by atoms with Crippen LogP contribution in [-0.4, -0.2) is 23.0 Å². The molecule has 0 unspecified atom stereocenters. The molecule has 1 aromatic rings. The number of amides is 1. The van der Waals surface area contributed by atoms with Crippen LogP contribution in [0.4, 0.5) is 5.69 Å². The first-order chi connectivity index (χ1) is 8.77. The second-order valence-corrected chi connectivity index (χ2v) is 5.11. The largest absolute Gasteiger partial charge is 0.362 e. The van der Waals surface area contributed by atoms with E-state index in [0.29, 0.717) is 6.54 Å². The number of hydrogen-bond donors (Lipinski definition) is 1. The van der Waals surface area contributed by atoms with Crippen LogP contribution in [0.2, 0.25) is 0 Å². The van der Waals surface area contributed by atoms with Crippen LogP contribution in [0.15, 0.2) is 36.9 Å². The molecule has 1 fully saturated rings. The average molecular weight is 242 g/mol. The smallest absolute Gasteiger partial charge is 0.258 e. The summed E-state index contributed by atoms with van der Waals surface area (Å²) in [5, 5.41) is 3.59. The monoisotopic (exact) mass is 242 g/mol. The van der Waals surface area contributed by atoms with E-state index in [1.54, 1.807) is 0 Å². The Morgan fingerprint density at radius 2 is 2.06 bits per heavy atom. The van der Waals surface area contributed by atoms with Crippen LogP contribution in [0.25, 0.3) is 0 Å². The molecule has 18 heavy (non-hydrogen) atoms. The molecule has 1 aromatic carbocycles.